The third kappa shape index (κ3) is 17.4. The Morgan fingerprint density at radius 1 is 0.634 bits per heavy atom. The molecule has 0 aromatic heterocycles. The van der Waals surface area contributed by atoms with E-state index in [0.29, 0.717) is 18.9 Å². The molecule has 1 atom stereocenters. The Labute approximate surface area is 254 Å². The fourth-order valence-corrected chi connectivity index (χ4v) is 6.49. The molecule has 6 heteroatoms. The molecule has 2 saturated heterocycles. The van der Waals surface area contributed by atoms with E-state index in [1.807, 2.05) is 4.90 Å². The van der Waals surface area contributed by atoms with E-state index >= 15 is 0 Å². The fourth-order valence-electron chi connectivity index (χ4n) is 6.49. The first-order chi connectivity index (χ1) is 20.1. The number of carbonyl (C=O) groups excluding carboxylic acids is 2. The van der Waals surface area contributed by atoms with Gasteiger partial charge < -0.3 is 19.4 Å². The van der Waals surface area contributed by atoms with Crippen LogP contribution in [0, 0.1) is 0 Å². The lowest BCUT2D eigenvalue weighted by Gasteiger charge is -2.36. The SMILES string of the molecule is CCCCCCCCCCCCCCCCCCCCCC(=O)N1CCCCC1CCOC(=O)N1CCN(C)CC1. The van der Waals surface area contributed by atoms with Crippen LogP contribution in [0.2, 0.25) is 0 Å². The zero-order valence-corrected chi connectivity index (χ0v) is 27.4. The van der Waals surface area contributed by atoms with Gasteiger partial charge >= 0.3 is 6.09 Å². The van der Waals surface area contributed by atoms with Gasteiger partial charge in [-0.25, -0.2) is 4.79 Å². The van der Waals surface area contributed by atoms with Gasteiger partial charge in [0.05, 0.1) is 6.61 Å². The molecule has 2 amide bonds. The van der Waals surface area contributed by atoms with E-state index in [2.05, 4.69) is 23.8 Å². The molecule has 6 nitrogen and oxygen atoms in total. The second kappa shape index (κ2) is 24.2. The average Bonchev–Trinajstić information content (AvgIpc) is 2.98. The molecule has 1 unspecified atom stereocenters. The molecule has 0 bridgehead atoms. The van der Waals surface area contributed by atoms with Gasteiger partial charge in [0.25, 0.3) is 0 Å². The normalized spacial score (nSPS) is 18.1. The van der Waals surface area contributed by atoms with Gasteiger partial charge in [-0.05, 0) is 32.7 Å². The van der Waals surface area contributed by atoms with Gasteiger partial charge in [-0.2, -0.15) is 0 Å². The number of piperazine rings is 1. The van der Waals surface area contributed by atoms with Crippen LogP contribution >= 0.6 is 0 Å². The molecule has 2 fully saturated rings. The van der Waals surface area contributed by atoms with Crippen molar-refractivity contribution in [2.75, 3.05) is 46.4 Å². The largest absolute Gasteiger partial charge is 0.449 e. The Bertz CT molecular complexity index is 651. The number of carbonyl (C=O) groups is 2. The van der Waals surface area contributed by atoms with Gasteiger partial charge in [0.2, 0.25) is 5.91 Å². The molecule has 240 valence electrons. The number of likely N-dealkylation sites (N-methyl/N-ethyl adjacent to an activating group) is 1. The third-order valence-electron chi connectivity index (χ3n) is 9.38. The van der Waals surface area contributed by atoms with Crippen molar-refractivity contribution in [3.8, 4) is 0 Å². The van der Waals surface area contributed by atoms with Crippen LogP contribution in [0.25, 0.3) is 0 Å². The topological polar surface area (TPSA) is 53.1 Å². The summed E-state index contributed by atoms with van der Waals surface area (Å²) in [6.45, 7) is 6.86. The van der Waals surface area contributed by atoms with Gasteiger partial charge in [-0.1, -0.05) is 122 Å². The van der Waals surface area contributed by atoms with E-state index in [1.165, 1.54) is 122 Å². The molecule has 0 aliphatic carbocycles. The van der Waals surface area contributed by atoms with Crippen LogP contribution in [0.1, 0.15) is 161 Å². The van der Waals surface area contributed by atoms with Crippen molar-refractivity contribution in [3.63, 3.8) is 0 Å². The Kier molecular flexibility index (Phi) is 21.2. The third-order valence-corrected chi connectivity index (χ3v) is 9.38. The number of piperidine rings is 1. The van der Waals surface area contributed by atoms with Crippen molar-refractivity contribution in [1.29, 1.82) is 0 Å². The monoisotopic (exact) mass is 578 g/mol. The highest BCUT2D eigenvalue weighted by Gasteiger charge is 2.27. The van der Waals surface area contributed by atoms with Gasteiger partial charge in [-0.15, -0.1) is 0 Å². The van der Waals surface area contributed by atoms with Crippen molar-refractivity contribution in [2.24, 2.45) is 0 Å². The van der Waals surface area contributed by atoms with E-state index in [-0.39, 0.29) is 12.1 Å². The Balaban J connectivity index is 1.39. The average molecular weight is 578 g/mol. The number of ether oxygens (including phenoxy) is 1. The lowest BCUT2D eigenvalue weighted by atomic mass is 9.98. The molecule has 2 heterocycles. The van der Waals surface area contributed by atoms with Crippen molar-refractivity contribution in [1.82, 2.24) is 14.7 Å². The lowest BCUT2D eigenvalue weighted by Crippen LogP contribution is -2.47. The summed E-state index contributed by atoms with van der Waals surface area (Å²) in [4.78, 5) is 31.5. The van der Waals surface area contributed by atoms with E-state index in [1.54, 1.807) is 0 Å². The van der Waals surface area contributed by atoms with E-state index in [0.717, 1.165) is 58.4 Å². The first kappa shape index (κ1) is 35.9. The zero-order valence-electron chi connectivity index (χ0n) is 27.4. The van der Waals surface area contributed by atoms with Crippen molar-refractivity contribution >= 4 is 12.0 Å². The highest BCUT2D eigenvalue weighted by Crippen LogP contribution is 2.22. The van der Waals surface area contributed by atoms with E-state index < -0.39 is 0 Å². The Morgan fingerprint density at radius 2 is 1.12 bits per heavy atom. The quantitative estimate of drug-likeness (QED) is 0.114. The van der Waals surface area contributed by atoms with Gasteiger partial charge in [-0.3, -0.25) is 4.79 Å². The summed E-state index contributed by atoms with van der Waals surface area (Å²) in [7, 11) is 2.08. The summed E-state index contributed by atoms with van der Waals surface area (Å²) in [5.74, 6) is 0.312. The first-order valence-electron chi connectivity index (χ1n) is 18.0. The van der Waals surface area contributed by atoms with Gasteiger partial charge in [0, 0.05) is 51.6 Å². The lowest BCUT2D eigenvalue weighted by molar-refractivity contribution is -0.135. The molecule has 0 spiro atoms. The maximum absolute atomic E-state index is 13.0. The summed E-state index contributed by atoms with van der Waals surface area (Å²) >= 11 is 0. The molecule has 0 N–H and O–H groups in total. The van der Waals surface area contributed by atoms with Crippen LogP contribution in [0.5, 0.6) is 0 Å². The van der Waals surface area contributed by atoms with Gasteiger partial charge in [0.1, 0.15) is 0 Å². The number of rotatable bonds is 23. The van der Waals surface area contributed by atoms with Crippen molar-refractivity contribution in [3.05, 3.63) is 0 Å². The number of hydrogen-bond donors (Lipinski definition) is 0. The zero-order chi connectivity index (χ0) is 29.4. The van der Waals surface area contributed by atoms with Crippen LogP contribution in [0.3, 0.4) is 0 Å². The molecular weight excluding hydrogens is 510 g/mol. The summed E-state index contributed by atoms with van der Waals surface area (Å²) in [6, 6.07) is 0.233. The summed E-state index contributed by atoms with van der Waals surface area (Å²) < 4.78 is 5.58. The van der Waals surface area contributed by atoms with E-state index in [4.69, 9.17) is 4.74 Å². The van der Waals surface area contributed by atoms with Crippen LogP contribution in [-0.2, 0) is 9.53 Å². The second-order valence-electron chi connectivity index (χ2n) is 13.0. The number of likely N-dealkylation sites (tertiary alicyclic amines) is 1. The minimum Gasteiger partial charge on any atom is -0.449 e. The van der Waals surface area contributed by atoms with Crippen LogP contribution in [0.15, 0.2) is 0 Å². The molecule has 2 rings (SSSR count). The molecule has 0 aromatic rings. The molecule has 2 aliphatic heterocycles. The Morgan fingerprint density at radius 3 is 1.63 bits per heavy atom. The smallest absolute Gasteiger partial charge is 0.409 e. The van der Waals surface area contributed by atoms with Crippen molar-refractivity contribution < 1.29 is 14.3 Å². The molecule has 0 saturated carbocycles. The van der Waals surface area contributed by atoms with Crippen LogP contribution in [-0.4, -0.2) is 79.1 Å². The number of hydrogen-bond acceptors (Lipinski definition) is 4. The maximum Gasteiger partial charge on any atom is 0.409 e. The van der Waals surface area contributed by atoms with E-state index in [9.17, 15) is 9.59 Å². The highest BCUT2D eigenvalue weighted by molar-refractivity contribution is 5.76. The number of nitrogens with zero attached hydrogens (tertiary/aromatic N) is 3. The predicted octanol–water partition coefficient (Wildman–Crippen LogP) is 8.96. The summed E-state index contributed by atoms with van der Waals surface area (Å²) in [5, 5.41) is 0. The number of unbranched alkanes of at least 4 members (excludes halogenated alkanes) is 18. The standard InChI is InChI=1S/C35H67N3O3/c1-3-4-5-6-7-8-9-10-11-12-13-14-15-16-17-18-19-20-21-25-34(39)38-27-23-22-24-33(38)26-32-41-35(40)37-30-28-36(2)29-31-37/h33H,3-32H2,1-2H3. The second-order valence-corrected chi connectivity index (χ2v) is 13.0. The predicted molar refractivity (Wildman–Crippen MR) is 172 cm³/mol. The van der Waals surface area contributed by atoms with Crippen molar-refractivity contribution in [2.45, 2.75) is 167 Å². The molecule has 41 heavy (non-hydrogen) atoms. The van der Waals surface area contributed by atoms with Crippen LogP contribution < -0.4 is 0 Å². The first-order valence-corrected chi connectivity index (χ1v) is 18.0. The fraction of sp³-hybridized carbons (Fsp3) is 0.943. The molecule has 0 aromatic carbocycles. The maximum atomic E-state index is 13.0. The highest BCUT2D eigenvalue weighted by atomic mass is 16.6. The molecule has 2 aliphatic rings. The minimum atomic E-state index is -0.194. The molecular formula is C35H67N3O3. The summed E-state index contributed by atoms with van der Waals surface area (Å²) in [5.41, 5.74) is 0. The van der Waals surface area contributed by atoms with Gasteiger partial charge in [0.15, 0.2) is 0 Å². The minimum absolute atomic E-state index is 0.194. The molecule has 0 radical (unpaired) electrons. The Hall–Kier alpha value is -1.30. The number of amides is 2. The summed E-state index contributed by atoms with van der Waals surface area (Å²) in [6.07, 6.45) is 30.6. The van der Waals surface area contributed by atoms with Crippen LogP contribution in [0.4, 0.5) is 4.79 Å².